The Morgan fingerprint density at radius 2 is 2.00 bits per heavy atom. The molecular formula is C23H31N3O2. The van der Waals surface area contributed by atoms with E-state index in [-0.39, 0.29) is 25.4 Å². The van der Waals surface area contributed by atoms with Gasteiger partial charge in [-0.25, -0.2) is 4.98 Å². The number of amides is 1. The maximum Gasteiger partial charge on any atom is 0.223 e. The minimum absolute atomic E-state index is 0. The van der Waals surface area contributed by atoms with Crippen molar-refractivity contribution in [3.05, 3.63) is 29.6 Å². The fourth-order valence-corrected chi connectivity index (χ4v) is 6.45. The Balaban J connectivity index is 0.00000171. The Kier molecular flexibility index (Phi) is 4.10. The average Bonchev–Trinajstić information content (AvgIpc) is 3.38. The van der Waals surface area contributed by atoms with Crippen LogP contribution in [-0.2, 0) is 11.2 Å². The van der Waals surface area contributed by atoms with Crippen molar-refractivity contribution < 1.29 is 9.90 Å². The molecule has 4 heterocycles. The molecule has 0 radical (unpaired) electrons. The van der Waals surface area contributed by atoms with Crippen molar-refractivity contribution in [3.8, 4) is 0 Å². The van der Waals surface area contributed by atoms with Crippen LogP contribution in [-0.4, -0.2) is 43.6 Å². The maximum absolute atomic E-state index is 13.1. The molecule has 2 unspecified atom stereocenters. The van der Waals surface area contributed by atoms with Crippen LogP contribution in [0.3, 0.4) is 0 Å². The molecule has 2 aromatic rings. The van der Waals surface area contributed by atoms with Gasteiger partial charge in [0.15, 0.2) is 0 Å². The molecule has 5 fully saturated rings. The molecule has 5 aliphatic rings. The van der Waals surface area contributed by atoms with Crippen LogP contribution in [0, 0.1) is 5.92 Å². The number of piperidine rings is 2. The Labute approximate surface area is 166 Å². The second-order valence-electron chi connectivity index (χ2n) is 9.49. The molecule has 0 aromatic carbocycles. The van der Waals surface area contributed by atoms with Gasteiger partial charge < -0.3 is 15.0 Å². The van der Waals surface area contributed by atoms with Crippen molar-refractivity contribution in [1.29, 1.82) is 0 Å². The molecule has 3 saturated carbocycles. The van der Waals surface area contributed by atoms with Gasteiger partial charge in [-0.1, -0.05) is 7.43 Å². The molecule has 2 aromatic heterocycles. The van der Waals surface area contributed by atoms with Gasteiger partial charge in [0.25, 0.3) is 0 Å². The number of rotatable bonds is 4. The third kappa shape index (κ3) is 2.78. The van der Waals surface area contributed by atoms with E-state index in [9.17, 15) is 9.90 Å². The number of aromatic nitrogens is 2. The van der Waals surface area contributed by atoms with Crippen molar-refractivity contribution in [2.75, 3.05) is 0 Å². The molecule has 1 amide bonds. The number of nitrogens with one attached hydrogen (secondary N) is 1. The second-order valence-corrected chi connectivity index (χ2v) is 9.49. The minimum atomic E-state index is -0.491. The second kappa shape index (κ2) is 6.31. The highest BCUT2D eigenvalue weighted by Crippen LogP contribution is 2.51. The molecule has 2 saturated heterocycles. The van der Waals surface area contributed by atoms with Crippen LogP contribution in [0.15, 0.2) is 18.5 Å². The molecule has 2 atom stereocenters. The lowest BCUT2D eigenvalue weighted by atomic mass is 9.61. The summed E-state index contributed by atoms with van der Waals surface area (Å²) >= 11 is 0. The van der Waals surface area contributed by atoms with Gasteiger partial charge in [-0.15, -0.1) is 0 Å². The first-order valence-electron chi connectivity index (χ1n) is 10.6. The Morgan fingerprint density at radius 1 is 1.25 bits per heavy atom. The zero-order chi connectivity index (χ0) is 18.2. The van der Waals surface area contributed by atoms with Crippen LogP contribution in [0.2, 0.25) is 0 Å². The molecule has 5 nitrogen and oxygen atoms in total. The zero-order valence-electron chi connectivity index (χ0n) is 15.7. The summed E-state index contributed by atoms with van der Waals surface area (Å²) in [4.78, 5) is 23.1. The van der Waals surface area contributed by atoms with Gasteiger partial charge in [0.1, 0.15) is 5.65 Å². The average molecular weight is 382 g/mol. The fourth-order valence-electron chi connectivity index (χ4n) is 6.45. The standard InChI is InChI=1S/C22H27N3O2.CH4/c26-19(25-16-7-13-8-17(25)11-22(27,9-13)10-16)4-3-15-12-24-21-20(15)18(5-6-23-21)14-1-2-14;/h5-6,12-14,16-17,27H,1-4,7-11H2,(H,23,24);1H4. The van der Waals surface area contributed by atoms with Gasteiger partial charge in [0.05, 0.1) is 5.60 Å². The highest BCUT2D eigenvalue weighted by atomic mass is 16.3. The first-order valence-corrected chi connectivity index (χ1v) is 10.6. The topological polar surface area (TPSA) is 69.2 Å². The van der Waals surface area contributed by atoms with E-state index >= 15 is 0 Å². The van der Waals surface area contributed by atoms with E-state index in [0.29, 0.717) is 18.3 Å². The summed E-state index contributed by atoms with van der Waals surface area (Å²) in [6.45, 7) is 0. The van der Waals surface area contributed by atoms with Crippen LogP contribution in [0.25, 0.3) is 11.0 Å². The van der Waals surface area contributed by atoms with Gasteiger partial charge in [-0.3, -0.25) is 4.79 Å². The quantitative estimate of drug-likeness (QED) is 0.843. The van der Waals surface area contributed by atoms with Crippen LogP contribution in [0.5, 0.6) is 0 Å². The summed E-state index contributed by atoms with van der Waals surface area (Å²) in [5.41, 5.74) is 3.10. The van der Waals surface area contributed by atoms with E-state index < -0.39 is 5.60 Å². The summed E-state index contributed by atoms with van der Waals surface area (Å²) in [5.74, 6) is 1.57. The molecule has 150 valence electrons. The summed E-state index contributed by atoms with van der Waals surface area (Å²) < 4.78 is 0. The summed E-state index contributed by atoms with van der Waals surface area (Å²) in [5, 5.41) is 12.0. The number of hydrogen-bond acceptors (Lipinski definition) is 3. The lowest BCUT2D eigenvalue weighted by Gasteiger charge is -2.59. The molecule has 2 aliphatic heterocycles. The Bertz CT molecular complexity index is 900. The van der Waals surface area contributed by atoms with Gasteiger partial charge in [-0.2, -0.15) is 0 Å². The van der Waals surface area contributed by atoms with Crippen LogP contribution in [0.1, 0.15) is 75.8 Å². The number of H-pyrrole nitrogens is 1. The van der Waals surface area contributed by atoms with E-state index in [1.807, 2.05) is 12.4 Å². The molecule has 7 rings (SSSR count). The predicted octanol–water partition coefficient (Wildman–Crippen LogP) is 3.91. The van der Waals surface area contributed by atoms with E-state index in [2.05, 4.69) is 20.9 Å². The van der Waals surface area contributed by atoms with Crippen molar-refractivity contribution >= 4 is 16.9 Å². The zero-order valence-corrected chi connectivity index (χ0v) is 15.7. The van der Waals surface area contributed by atoms with E-state index in [0.717, 1.165) is 44.2 Å². The van der Waals surface area contributed by atoms with Crippen molar-refractivity contribution in [2.45, 2.75) is 88.8 Å². The summed E-state index contributed by atoms with van der Waals surface area (Å²) in [6, 6.07) is 2.68. The molecule has 2 N–H and O–H groups in total. The number of aliphatic hydroxyl groups is 1. The molecule has 3 aliphatic carbocycles. The lowest BCUT2D eigenvalue weighted by molar-refractivity contribution is -0.174. The highest BCUT2D eigenvalue weighted by molar-refractivity contribution is 5.85. The third-order valence-electron chi connectivity index (χ3n) is 7.50. The number of fused-ring (bicyclic) bond motifs is 1. The number of nitrogens with zero attached hydrogens (tertiary/aromatic N) is 2. The SMILES string of the molecule is C.O=C(CCc1c[nH]c2nccc(C3CC3)c12)N1C2CC3CC1CC(O)(C3)C2. The van der Waals surface area contributed by atoms with Crippen molar-refractivity contribution in [2.24, 2.45) is 5.92 Å². The number of carbonyl (C=O) groups is 1. The van der Waals surface area contributed by atoms with Gasteiger partial charge >= 0.3 is 0 Å². The van der Waals surface area contributed by atoms with E-state index in [1.54, 1.807) is 0 Å². The van der Waals surface area contributed by atoms with E-state index in [1.165, 1.54) is 29.4 Å². The number of aromatic amines is 1. The number of carbonyl (C=O) groups excluding carboxylic acids is 1. The smallest absolute Gasteiger partial charge is 0.223 e. The minimum Gasteiger partial charge on any atom is -0.390 e. The number of hydrogen-bond donors (Lipinski definition) is 2. The first-order chi connectivity index (χ1) is 13.1. The van der Waals surface area contributed by atoms with Gasteiger partial charge in [0, 0.05) is 36.3 Å². The van der Waals surface area contributed by atoms with Crippen molar-refractivity contribution in [3.63, 3.8) is 0 Å². The van der Waals surface area contributed by atoms with Crippen LogP contribution < -0.4 is 0 Å². The predicted molar refractivity (Wildman–Crippen MR) is 109 cm³/mol. The Morgan fingerprint density at radius 3 is 2.68 bits per heavy atom. The molecule has 5 heteroatoms. The molecule has 4 bridgehead atoms. The lowest BCUT2D eigenvalue weighted by Crippen LogP contribution is -2.65. The van der Waals surface area contributed by atoms with Crippen molar-refractivity contribution in [1.82, 2.24) is 14.9 Å². The number of pyridine rings is 1. The summed E-state index contributed by atoms with van der Waals surface area (Å²) in [7, 11) is 0. The van der Waals surface area contributed by atoms with Gasteiger partial charge in [-0.05, 0) is 80.4 Å². The van der Waals surface area contributed by atoms with Crippen LogP contribution >= 0.6 is 0 Å². The van der Waals surface area contributed by atoms with Gasteiger partial charge in [0.2, 0.25) is 5.91 Å². The molecular weight excluding hydrogens is 350 g/mol. The van der Waals surface area contributed by atoms with E-state index in [4.69, 9.17) is 0 Å². The highest BCUT2D eigenvalue weighted by Gasteiger charge is 2.54. The molecule has 0 spiro atoms. The first kappa shape index (κ1) is 18.2. The number of aryl methyl sites for hydroxylation is 1. The largest absolute Gasteiger partial charge is 0.390 e. The van der Waals surface area contributed by atoms with Crippen LogP contribution in [0.4, 0.5) is 0 Å². The fraction of sp³-hybridized carbons (Fsp3) is 0.652. The molecule has 28 heavy (non-hydrogen) atoms. The normalized spacial score (nSPS) is 33.3. The third-order valence-corrected chi connectivity index (χ3v) is 7.50. The maximum atomic E-state index is 13.1. The Hall–Kier alpha value is -1.88. The summed E-state index contributed by atoms with van der Waals surface area (Å²) in [6.07, 6.45) is 12.5. The monoisotopic (exact) mass is 381 g/mol.